The summed E-state index contributed by atoms with van der Waals surface area (Å²) >= 11 is 0. The number of halogens is 2. The molecule has 0 bridgehead atoms. The third-order valence-electron chi connectivity index (χ3n) is 3.12. The number of nitrogens with zero attached hydrogens (tertiary/aromatic N) is 2. The summed E-state index contributed by atoms with van der Waals surface area (Å²) in [6.07, 6.45) is -0.121. The Morgan fingerprint density at radius 1 is 1.45 bits per heavy atom. The topological polar surface area (TPSA) is 79.9 Å². The van der Waals surface area contributed by atoms with E-state index in [1.165, 1.54) is 6.20 Å². The first kappa shape index (κ1) is 14.7. The van der Waals surface area contributed by atoms with E-state index in [-0.39, 0.29) is 12.8 Å². The molecule has 1 aromatic rings. The predicted molar refractivity (Wildman–Crippen MR) is 66.2 cm³/mol. The quantitative estimate of drug-likeness (QED) is 0.875. The van der Waals surface area contributed by atoms with Crippen LogP contribution in [-0.2, 0) is 10.3 Å². The van der Waals surface area contributed by atoms with Gasteiger partial charge in [-0.15, -0.1) is 0 Å². The molecule has 112 valence electrons. The van der Waals surface area contributed by atoms with Gasteiger partial charge >= 0.3 is 6.09 Å². The van der Waals surface area contributed by atoms with Crippen LogP contribution in [0.5, 0.6) is 0 Å². The normalized spacial score (nSPS) is 25.4. The fourth-order valence-corrected chi connectivity index (χ4v) is 2.34. The minimum absolute atomic E-state index is 0.0891. The molecule has 20 heavy (non-hydrogen) atoms. The Hall–Kier alpha value is -1.73. The van der Waals surface area contributed by atoms with Crippen LogP contribution in [0.1, 0.15) is 45.7 Å². The maximum Gasteiger partial charge on any atom is 0.408 e. The van der Waals surface area contributed by atoms with Crippen LogP contribution in [0, 0.1) is 0 Å². The first-order chi connectivity index (χ1) is 9.12. The largest absolute Gasteiger partial charge is 0.444 e. The van der Waals surface area contributed by atoms with Gasteiger partial charge in [0.1, 0.15) is 11.3 Å². The van der Waals surface area contributed by atoms with Gasteiger partial charge in [-0.25, -0.2) is 13.6 Å². The van der Waals surface area contributed by atoms with Gasteiger partial charge in [0.15, 0.2) is 0 Å². The highest BCUT2D eigenvalue weighted by Gasteiger charge is 2.53. The second kappa shape index (κ2) is 4.68. The third kappa shape index (κ3) is 3.23. The van der Waals surface area contributed by atoms with Gasteiger partial charge in [-0.05, 0) is 27.2 Å². The minimum atomic E-state index is -2.84. The van der Waals surface area contributed by atoms with Gasteiger partial charge in [0.05, 0.1) is 11.7 Å². The van der Waals surface area contributed by atoms with E-state index < -0.39 is 29.6 Å². The SMILES string of the molecule is CC(C)(C)OC(=O)NC1(c2cn[nH]n2)CCC(F)(F)C1. The summed E-state index contributed by atoms with van der Waals surface area (Å²) in [6.45, 7) is 5.12. The van der Waals surface area contributed by atoms with E-state index in [4.69, 9.17) is 4.74 Å². The van der Waals surface area contributed by atoms with Crippen molar-refractivity contribution < 1.29 is 18.3 Å². The Balaban J connectivity index is 2.20. The number of aromatic nitrogens is 3. The molecule has 2 N–H and O–H groups in total. The Morgan fingerprint density at radius 3 is 2.60 bits per heavy atom. The number of rotatable bonds is 2. The Bertz CT molecular complexity index is 484. The molecule has 1 unspecified atom stereocenters. The lowest BCUT2D eigenvalue weighted by Crippen LogP contribution is -2.47. The second-order valence-corrected chi connectivity index (χ2v) is 6.10. The van der Waals surface area contributed by atoms with Crippen LogP contribution in [0.4, 0.5) is 13.6 Å². The number of nitrogens with one attached hydrogen (secondary N) is 2. The van der Waals surface area contributed by atoms with Crippen molar-refractivity contribution in [1.29, 1.82) is 0 Å². The molecular weight excluding hydrogens is 270 g/mol. The van der Waals surface area contributed by atoms with Gasteiger partial charge in [-0.2, -0.15) is 15.4 Å². The number of hydrogen-bond acceptors (Lipinski definition) is 4. The van der Waals surface area contributed by atoms with E-state index in [1.807, 2.05) is 0 Å². The van der Waals surface area contributed by atoms with Gasteiger partial charge in [0, 0.05) is 12.8 Å². The number of carbonyl (C=O) groups is 1. The highest BCUT2D eigenvalue weighted by atomic mass is 19.3. The van der Waals surface area contributed by atoms with Crippen LogP contribution in [0.15, 0.2) is 6.20 Å². The van der Waals surface area contributed by atoms with Crippen LogP contribution >= 0.6 is 0 Å². The van der Waals surface area contributed by atoms with E-state index in [2.05, 4.69) is 20.7 Å². The van der Waals surface area contributed by atoms with Crippen molar-refractivity contribution in [2.24, 2.45) is 0 Å². The molecule has 2 rings (SSSR count). The molecule has 6 nitrogen and oxygen atoms in total. The predicted octanol–water partition coefficient (Wildman–Crippen LogP) is 2.34. The summed E-state index contributed by atoms with van der Waals surface area (Å²) in [5, 5.41) is 12.4. The summed E-state index contributed by atoms with van der Waals surface area (Å²) in [5.74, 6) is -2.84. The average Bonchev–Trinajstić information content (AvgIpc) is 2.83. The van der Waals surface area contributed by atoms with Crippen molar-refractivity contribution >= 4 is 6.09 Å². The van der Waals surface area contributed by atoms with Crippen LogP contribution in [0.25, 0.3) is 0 Å². The lowest BCUT2D eigenvalue weighted by atomic mass is 9.94. The monoisotopic (exact) mass is 288 g/mol. The number of carbonyl (C=O) groups excluding carboxylic acids is 1. The molecule has 1 aromatic heterocycles. The van der Waals surface area contributed by atoms with Crippen molar-refractivity contribution in [3.8, 4) is 0 Å². The van der Waals surface area contributed by atoms with Gasteiger partial charge in [0.2, 0.25) is 0 Å². The molecule has 1 heterocycles. The standard InChI is InChI=1S/C12H18F2N4O2/c1-10(2,3)20-9(19)16-11(8-6-15-18-17-8)4-5-12(13,14)7-11/h6H,4-5,7H2,1-3H3,(H,16,19)(H,15,17,18). The zero-order valence-corrected chi connectivity index (χ0v) is 11.7. The number of hydrogen-bond donors (Lipinski definition) is 2. The number of ether oxygens (including phenoxy) is 1. The third-order valence-corrected chi connectivity index (χ3v) is 3.12. The number of aromatic amines is 1. The molecule has 1 saturated carbocycles. The molecule has 1 fully saturated rings. The van der Waals surface area contributed by atoms with Crippen LogP contribution in [0.2, 0.25) is 0 Å². The molecule has 0 aliphatic heterocycles. The second-order valence-electron chi connectivity index (χ2n) is 6.10. The Labute approximate surface area is 115 Å². The van der Waals surface area contributed by atoms with E-state index in [1.54, 1.807) is 20.8 Å². The molecule has 0 radical (unpaired) electrons. The Morgan fingerprint density at radius 2 is 2.15 bits per heavy atom. The molecule has 0 aromatic carbocycles. The van der Waals surface area contributed by atoms with Gasteiger partial charge < -0.3 is 10.1 Å². The van der Waals surface area contributed by atoms with E-state index in [0.29, 0.717) is 5.69 Å². The number of H-pyrrole nitrogens is 1. The van der Waals surface area contributed by atoms with E-state index in [0.717, 1.165) is 0 Å². The van der Waals surface area contributed by atoms with E-state index in [9.17, 15) is 13.6 Å². The van der Waals surface area contributed by atoms with Crippen LogP contribution in [0.3, 0.4) is 0 Å². The summed E-state index contributed by atoms with van der Waals surface area (Å²) in [7, 11) is 0. The Kier molecular flexibility index (Phi) is 3.43. The first-order valence-corrected chi connectivity index (χ1v) is 6.37. The van der Waals surface area contributed by atoms with Gasteiger partial charge in [-0.1, -0.05) is 0 Å². The zero-order chi connectivity index (χ0) is 15.0. The van der Waals surface area contributed by atoms with Crippen molar-refractivity contribution in [1.82, 2.24) is 20.7 Å². The van der Waals surface area contributed by atoms with Crippen molar-refractivity contribution in [3.63, 3.8) is 0 Å². The van der Waals surface area contributed by atoms with E-state index >= 15 is 0 Å². The van der Waals surface area contributed by atoms with Gasteiger partial charge in [-0.3, -0.25) is 0 Å². The van der Waals surface area contributed by atoms with Crippen molar-refractivity contribution in [2.75, 3.05) is 0 Å². The molecule has 1 amide bonds. The fraction of sp³-hybridized carbons (Fsp3) is 0.750. The molecular formula is C12H18F2N4O2. The molecule has 1 aliphatic carbocycles. The molecule has 1 aliphatic rings. The summed E-state index contributed by atoms with van der Waals surface area (Å²) < 4.78 is 32.3. The maximum atomic E-state index is 13.6. The van der Waals surface area contributed by atoms with Gasteiger partial charge in [0.25, 0.3) is 5.92 Å². The number of alkyl carbamates (subject to hydrolysis) is 1. The first-order valence-electron chi connectivity index (χ1n) is 6.37. The smallest absolute Gasteiger partial charge is 0.408 e. The van der Waals surface area contributed by atoms with Crippen molar-refractivity contribution in [2.45, 2.75) is 57.1 Å². The molecule has 8 heteroatoms. The lowest BCUT2D eigenvalue weighted by Gasteiger charge is -2.30. The number of alkyl halides is 2. The zero-order valence-electron chi connectivity index (χ0n) is 11.7. The lowest BCUT2D eigenvalue weighted by molar-refractivity contribution is -0.00178. The highest BCUT2D eigenvalue weighted by molar-refractivity contribution is 5.69. The van der Waals surface area contributed by atoms with Crippen molar-refractivity contribution in [3.05, 3.63) is 11.9 Å². The van der Waals surface area contributed by atoms with Crippen LogP contribution in [-0.4, -0.2) is 33.0 Å². The number of amides is 1. The maximum absolute atomic E-state index is 13.6. The average molecular weight is 288 g/mol. The summed E-state index contributed by atoms with van der Waals surface area (Å²) in [4.78, 5) is 11.9. The fourth-order valence-electron chi connectivity index (χ4n) is 2.34. The molecule has 0 saturated heterocycles. The molecule has 1 atom stereocenters. The van der Waals surface area contributed by atoms with Crippen LogP contribution < -0.4 is 5.32 Å². The minimum Gasteiger partial charge on any atom is -0.444 e. The summed E-state index contributed by atoms with van der Waals surface area (Å²) in [6, 6.07) is 0. The highest BCUT2D eigenvalue weighted by Crippen LogP contribution is 2.46. The molecule has 0 spiro atoms. The summed E-state index contributed by atoms with van der Waals surface area (Å²) in [5.41, 5.74) is -1.64.